The van der Waals surface area contributed by atoms with Crippen molar-refractivity contribution in [2.75, 3.05) is 0 Å². The van der Waals surface area contributed by atoms with E-state index in [0.717, 1.165) is 23.7 Å². The van der Waals surface area contributed by atoms with E-state index >= 15 is 0 Å². The first-order valence-electron chi connectivity index (χ1n) is 7.07. The predicted molar refractivity (Wildman–Crippen MR) is 85.7 cm³/mol. The molecule has 0 spiro atoms. The topological polar surface area (TPSA) is 55.1 Å². The summed E-state index contributed by atoms with van der Waals surface area (Å²) < 4.78 is 1.10. The van der Waals surface area contributed by atoms with Gasteiger partial charge in [0.25, 0.3) is 0 Å². The van der Waals surface area contributed by atoms with Gasteiger partial charge in [0.2, 0.25) is 5.91 Å². The van der Waals surface area contributed by atoms with Crippen LogP contribution in [0.15, 0.2) is 33.6 Å². The molecule has 20 heavy (non-hydrogen) atoms. The summed E-state index contributed by atoms with van der Waals surface area (Å²) in [6.45, 7) is 0. The Hall–Kier alpha value is -0.520. The van der Waals surface area contributed by atoms with Gasteiger partial charge >= 0.3 is 0 Å². The van der Waals surface area contributed by atoms with E-state index in [4.69, 9.17) is 5.73 Å². The highest BCUT2D eigenvalue weighted by Gasteiger charge is 2.46. The Labute approximate surface area is 132 Å². The Morgan fingerprint density at radius 1 is 1.40 bits per heavy atom. The van der Waals surface area contributed by atoms with Gasteiger partial charge in [0.05, 0.1) is 5.54 Å². The van der Waals surface area contributed by atoms with E-state index in [0.29, 0.717) is 11.3 Å². The smallest absolute Gasteiger partial charge is 0.237 e. The van der Waals surface area contributed by atoms with Crippen LogP contribution in [0.2, 0.25) is 0 Å². The van der Waals surface area contributed by atoms with Gasteiger partial charge in [0.1, 0.15) is 0 Å². The number of rotatable bonds is 5. The second-order valence-corrected chi connectivity index (χ2v) is 8.09. The molecule has 3 nitrogen and oxygen atoms in total. The number of hydrogen-bond acceptors (Lipinski definition) is 3. The fourth-order valence-corrected chi connectivity index (χ4v) is 4.77. The molecule has 0 bridgehead atoms. The molecule has 2 atom stereocenters. The van der Waals surface area contributed by atoms with E-state index in [1.54, 1.807) is 0 Å². The lowest BCUT2D eigenvalue weighted by Crippen LogP contribution is -2.54. The highest BCUT2D eigenvalue weighted by atomic mass is 79.9. The van der Waals surface area contributed by atoms with Crippen LogP contribution in [0.3, 0.4) is 0 Å². The molecule has 5 heteroatoms. The minimum atomic E-state index is -0.467. The number of hydrogen-bond donors (Lipinski definition) is 2. The number of primary amides is 1. The van der Waals surface area contributed by atoms with E-state index in [9.17, 15) is 4.79 Å². The van der Waals surface area contributed by atoms with E-state index in [-0.39, 0.29) is 5.91 Å². The largest absolute Gasteiger partial charge is 0.368 e. The molecule has 2 aliphatic rings. The van der Waals surface area contributed by atoms with Gasteiger partial charge in [-0.1, -0.05) is 22.0 Å². The molecule has 0 saturated heterocycles. The highest BCUT2D eigenvalue weighted by Crippen LogP contribution is 2.42. The zero-order valence-electron chi connectivity index (χ0n) is 11.3. The quantitative estimate of drug-likeness (QED) is 0.854. The number of thioether (sulfide) groups is 1. The lowest BCUT2D eigenvalue weighted by molar-refractivity contribution is -0.124. The van der Waals surface area contributed by atoms with Crippen molar-refractivity contribution in [2.45, 2.75) is 53.8 Å². The van der Waals surface area contributed by atoms with Crippen molar-refractivity contribution in [3.63, 3.8) is 0 Å². The number of carbonyl (C=O) groups is 1. The van der Waals surface area contributed by atoms with Gasteiger partial charge < -0.3 is 11.1 Å². The number of benzene rings is 1. The lowest BCUT2D eigenvalue weighted by Gasteiger charge is -2.27. The third-order valence-electron chi connectivity index (χ3n) is 4.10. The van der Waals surface area contributed by atoms with Crippen molar-refractivity contribution in [3.05, 3.63) is 28.7 Å². The summed E-state index contributed by atoms with van der Waals surface area (Å²) in [6.07, 6.45) is 5.11. The van der Waals surface area contributed by atoms with Crippen molar-refractivity contribution >= 4 is 33.6 Å². The zero-order chi connectivity index (χ0) is 14.2. The fourth-order valence-electron chi connectivity index (χ4n) is 2.88. The maximum absolute atomic E-state index is 11.9. The molecular formula is C15H19BrN2OS. The Balaban J connectivity index is 1.66. The van der Waals surface area contributed by atoms with Crippen LogP contribution in [0.1, 0.15) is 32.1 Å². The van der Waals surface area contributed by atoms with Crippen LogP contribution in [0, 0.1) is 0 Å². The molecule has 3 rings (SSSR count). The molecule has 0 heterocycles. The normalized spacial score (nSPS) is 29.6. The third-order valence-corrected chi connectivity index (χ3v) is 5.85. The predicted octanol–water partition coefficient (Wildman–Crippen LogP) is 3.07. The SMILES string of the molecule is NC(=O)C1(NC2CC2)CCC(Sc2cccc(Br)c2)C1. The monoisotopic (exact) mass is 354 g/mol. The summed E-state index contributed by atoms with van der Waals surface area (Å²) in [5.41, 5.74) is 5.20. The van der Waals surface area contributed by atoms with Gasteiger partial charge in [-0.25, -0.2) is 0 Å². The zero-order valence-corrected chi connectivity index (χ0v) is 13.7. The molecule has 2 saturated carbocycles. The molecular weight excluding hydrogens is 336 g/mol. The molecule has 3 N–H and O–H groups in total. The van der Waals surface area contributed by atoms with Gasteiger partial charge in [-0.05, 0) is 50.3 Å². The molecule has 1 amide bonds. The van der Waals surface area contributed by atoms with Gasteiger partial charge in [-0.3, -0.25) is 4.79 Å². The van der Waals surface area contributed by atoms with Gasteiger partial charge in [0.15, 0.2) is 0 Å². The summed E-state index contributed by atoms with van der Waals surface area (Å²) in [6, 6.07) is 8.83. The van der Waals surface area contributed by atoms with Gasteiger partial charge in [-0.2, -0.15) is 0 Å². The van der Waals surface area contributed by atoms with Crippen LogP contribution >= 0.6 is 27.7 Å². The van der Waals surface area contributed by atoms with Crippen molar-refractivity contribution in [1.29, 1.82) is 0 Å². The van der Waals surface area contributed by atoms with Crippen LogP contribution in [0.5, 0.6) is 0 Å². The van der Waals surface area contributed by atoms with Crippen molar-refractivity contribution < 1.29 is 4.79 Å². The third kappa shape index (κ3) is 3.21. The van der Waals surface area contributed by atoms with E-state index < -0.39 is 5.54 Å². The molecule has 0 aromatic heterocycles. The van der Waals surface area contributed by atoms with Crippen LogP contribution in [0.25, 0.3) is 0 Å². The first kappa shape index (κ1) is 14.4. The number of nitrogens with two attached hydrogens (primary N) is 1. The molecule has 2 aliphatic carbocycles. The number of halogens is 1. The maximum atomic E-state index is 11.9. The average Bonchev–Trinajstić information content (AvgIpc) is 3.10. The van der Waals surface area contributed by atoms with Crippen molar-refractivity contribution in [3.8, 4) is 0 Å². The van der Waals surface area contributed by atoms with Crippen LogP contribution < -0.4 is 11.1 Å². The summed E-state index contributed by atoms with van der Waals surface area (Å²) >= 11 is 5.35. The number of amides is 1. The van der Waals surface area contributed by atoms with Crippen LogP contribution in [-0.4, -0.2) is 22.7 Å². The summed E-state index contributed by atoms with van der Waals surface area (Å²) in [5.74, 6) is -0.179. The number of carbonyl (C=O) groups excluding carboxylic acids is 1. The second kappa shape index (κ2) is 5.70. The maximum Gasteiger partial charge on any atom is 0.237 e. The Morgan fingerprint density at radius 2 is 2.20 bits per heavy atom. The van der Waals surface area contributed by atoms with Crippen LogP contribution in [-0.2, 0) is 4.79 Å². The Kier molecular flexibility index (Phi) is 4.11. The minimum Gasteiger partial charge on any atom is -0.368 e. The Bertz CT molecular complexity index is 520. The first-order valence-corrected chi connectivity index (χ1v) is 8.74. The highest BCUT2D eigenvalue weighted by molar-refractivity contribution is 9.10. The summed E-state index contributed by atoms with van der Waals surface area (Å²) in [4.78, 5) is 13.1. The summed E-state index contributed by atoms with van der Waals surface area (Å²) in [5, 5.41) is 3.96. The minimum absolute atomic E-state index is 0.179. The van der Waals surface area contributed by atoms with E-state index in [1.165, 1.54) is 17.7 Å². The standard InChI is InChI=1S/C15H19BrN2OS/c16-10-2-1-3-12(8-10)20-13-6-7-15(9-13,14(17)19)18-11-4-5-11/h1-3,8,11,13,18H,4-7,9H2,(H2,17,19). The van der Waals surface area contributed by atoms with Gasteiger partial charge in [0, 0.05) is 20.7 Å². The molecule has 108 valence electrons. The average molecular weight is 355 g/mol. The first-order chi connectivity index (χ1) is 9.57. The van der Waals surface area contributed by atoms with Gasteiger partial charge in [-0.15, -0.1) is 11.8 Å². The Morgan fingerprint density at radius 3 is 2.85 bits per heavy atom. The lowest BCUT2D eigenvalue weighted by atomic mass is 9.96. The molecule has 1 aromatic rings. The molecule has 0 radical (unpaired) electrons. The molecule has 0 aliphatic heterocycles. The van der Waals surface area contributed by atoms with E-state index in [2.05, 4.69) is 33.4 Å². The fraction of sp³-hybridized carbons (Fsp3) is 0.533. The molecule has 2 unspecified atom stereocenters. The summed E-state index contributed by atoms with van der Waals surface area (Å²) in [7, 11) is 0. The second-order valence-electron chi connectivity index (χ2n) is 5.81. The number of nitrogens with one attached hydrogen (secondary N) is 1. The molecule has 1 aromatic carbocycles. The van der Waals surface area contributed by atoms with Crippen molar-refractivity contribution in [1.82, 2.24) is 5.32 Å². The van der Waals surface area contributed by atoms with E-state index in [1.807, 2.05) is 23.9 Å². The van der Waals surface area contributed by atoms with Crippen molar-refractivity contribution in [2.24, 2.45) is 5.73 Å². The molecule has 2 fully saturated rings. The van der Waals surface area contributed by atoms with Crippen LogP contribution in [0.4, 0.5) is 0 Å².